The first-order chi connectivity index (χ1) is 18.7. The predicted octanol–water partition coefficient (Wildman–Crippen LogP) is 7.52. The van der Waals surface area contributed by atoms with E-state index in [0.29, 0.717) is 22.8 Å². The third-order valence-corrected chi connectivity index (χ3v) is 6.20. The number of alkyl halides is 6. The van der Waals surface area contributed by atoms with Crippen LogP contribution in [0, 0.1) is 5.92 Å². The van der Waals surface area contributed by atoms with E-state index >= 15 is 0 Å². The zero-order chi connectivity index (χ0) is 29.7. The molecule has 0 heterocycles. The van der Waals surface area contributed by atoms with Crippen molar-refractivity contribution in [1.29, 1.82) is 0 Å². The molecular weight excluding hydrogens is 568 g/mol. The van der Waals surface area contributed by atoms with E-state index < -0.39 is 48.5 Å². The second kappa shape index (κ2) is 12.7. The first-order valence-corrected chi connectivity index (χ1v) is 12.4. The Bertz CT molecular complexity index is 1340. The fourth-order valence-corrected chi connectivity index (χ4v) is 4.21. The number of nitrogens with one attached hydrogen (secondary N) is 1. The van der Waals surface area contributed by atoms with Gasteiger partial charge in [-0.15, -0.1) is 13.2 Å². The lowest BCUT2D eigenvalue weighted by atomic mass is 9.92. The number of carboxylic acid groups (broad SMARTS) is 1. The van der Waals surface area contributed by atoms with Crippen molar-refractivity contribution in [2.75, 3.05) is 0 Å². The maximum Gasteiger partial charge on any atom is 0.573 e. The summed E-state index contributed by atoms with van der Waals surface area (Å²) >= 11 is 6.11. The van der Waals surface area contributed by atoms with Crippen molar-refractivity contribution < 1.29 is 50.5 Å². The van der Waals surface area contributed by atoms with Gasteiger partial charge in [0.2, 0.25) is 0 Å². The van der Waals surface area contributed by atoms with Gasteiger partial charge in [0.15, 0.2) is 0 Å². The normalized spacial score (nSPS) is 13.5. The van der Waals surface area contributed by atoms with Gasteiger partial charge in [-0.3, -0.25) is 4.79 Å². The fourth-order valence-electron chi connectivity index (χ4n) is 4.04. The number of carbonyl (C=O) groups excluding carboxylic acids is 1. The summed E-state index contributed by atoms with van der Waals surface area (Å²) in [5.41, 5.74) is 0.120. The molecule has 13 heteroatoms. The number of unbranched alkanes of at least 4 members (excludes halogenated alkanes) is 1. The van der Waals surface area contributed by atoms with Crippen molar-refractivity contribution in [2.24, 2.45) is 5.92 Å². The van der Waals surface area contributed by atoms with Gasteiger partial charge in [-0.2, -0.15) is 13.2 Å². The first kappa shape index (κ1) is 30.9. The number of ether oxygens (including phenoxy) is 2. The van der Waals surface area contributed by atoms with Crippen LogP contribution in [0.4, 0.5) is 26.3 Å². The smallest absolute Gasteiger partial charge is 0.487 e. The summed E-state index contributed by atoms with van der Waals surface area (Å²) < 4.78 is 88.2. The molecule has 3 aromatic carbocycles. The van der Waals surface area contributed by atoms with Gasteiger partial charge in [0, 0.05) is 10.4 Å². The van der Waals surface area contributed by atoms with E-state index in [1.807, 2.05) is 5.32 Å². The molecule has 0 aliphatic rings. The molecule has 3 rings (SSSR count). The Morgan fingerprint density at radius 2 is 1.65 bits per heavy atom. The SMILES string of the molecule is CCCCC(C(NC(=O)c1ccc2ccc(Cl)cc2c1OCc1ccc(OC(F)(F)F)cc1)C(=O)O)C(F)(F)F. The fraction of sp³-hybridized carbons (Fsp3) is 0.333. The van der Waals surface area contributed by atoms with Gasteiger partial charge in [-0.25, -0.2) is 4.79 Å². The van der Waals surface area contributed by atoms with Crippen molar-refractivity contribution in [3.63, 3.8) is 0 Å². The van der Waals surface area contributed by atoms with Gasteiger partial charge in [0.25, 0.3) is 5.91 Å². The lowest BCUT2D eigenvalue weighted by Gasteiger charge is -2.27. The Balaban J connectivity index is 1.95. The van der Waals surface area contributed by atoms with E-state index in [9.17, 15) is 41.0 Å². The first-order valence-electron chi connectivity index (χ1n) is 12.0. The van der Waals surface area contributed by atoms with Gasteiger partial charge in [-0.1, -0.05) is 55.6 Å². The van der Waals surface area contributed by atoms with E-state index in [1.54, 1.807) is 19.1 Å². The Morgan fingerprint density at radius 1 is 1.00 bits per heavy atom. The van der Waals surface area contributed by atoms with E-state index in [-0.39, 0.29) is 29.4 Å². The van der Waals surface area contributed by atoms with Gasteiger partial charge >= 0.3 is 18.5 Å². The molecule has 2 unspecified atom stereocenters. The molecule has 1 amide bonds. The molecule has 0 radical (unpaired) electrons. The molecule has 0 bridgehead atoms. The largest absolute Gasteiger partial charge is 0.573 e. The van der Waals surface area contributed by atoms with Gasteiger partial charge in [0.05, 0.1) is 11.5 Å². The van der Waals surface area contributed by atoms with Crippen LogP contribution in [0.15, 0.2) is 54.6 Å². The number of halogens is 7. The molecule has 0 saturated carbocycles. The van der Waals surface area contributed by atoms with Crippen molar-refractivity contribution in [3.8, 4) is 11.5 Å². The van der Waals surface area contributed by atoms with Crippen molar-refractivity contribution in [1.82, 2.24) is 5.32 Å². The van der Waals surface area contributed by atoms with Crippen LogP contribution in [0.3, 0.4) is 0 Å². The zero-order valence-corrected chi connectivity index (χ0v) is 21.7. The van der Waals surface area contributed by atoms with E-state index in [0.717, 1.165) is 12.1 Å². The molecule has 0 spiro atoms. The van der Waals surface area contributed by atoms with Crippen LogP contribution in [0.1, 0.15) is 42.1 Å². The highest BCUT2D eigenvalue weighted by molar-refractivity contribution is 6.31. The Morgan fingerprint density at radius 3 is 2.23 bits per heavy atom. The average Bonchev–Trinajstić information content (AvgIpc) is 2.85. The molecular formula is C27H24ClF6NO5. The number of hydrogen-bond donors (Lipinski definition) is 2. The molecule has 3 aromatic rings. The van der Waals surface area contributed by atoms with E-state index in [2.05, 4.69) is 4.74 Å². The number of carbonyl (C=O) groups is 2. The summed E-state index contributed by atoms with van der Waals surface area (Å²) in [4.78, 5) is 25.1. The Kier molecular flexibility index (Phi) is 9.78. The minimum Gasteiger partial charge on any atom is -0.487 e. The van der Waals surface area contributed by atoms with Crippen molar-refractivity contribution in [2.45, 2.75) is 51.4 Å². The minimum atomic E-state index is -4.89. The summed E-state index contributed by atoms with van der Waals surface area (Å²) in [6.07, 6.45) is -9.78. The van der Waals surface area contributed by atoms with Gasteiger partial charge in [0.1, 0.15) is 24.1 Å². The zero-order valence-electron chi connectivity index (χ0n) is 20.9. The molecule has 0 fully saturated rings. The van der Waals surface area contributed by atoms with E-state index in [1.165, 1.54) is 30.3 Å². The number of aliphatic carboxylic acids is 1. The van der Waals surface area contributed by atoms with Crippen LogP contribution in [-0.2, 0) is 11.4 Å². The van der Waals surface area contributed by atoms with Crippen LogP contribution in [0.25, 0.3) is 10.8 Å². The third kappa shape index (κ3) is 8.17. The van der Waals surface area contributed by atoms with Crippen molar-refractivity contribution >= 4 is 34.2 Å². The standard InChI is InChI=1S/C27H24ClF6NO5/c1-2-3-4-21(26(29,30)31)22(25(37)38)35-24(36)19-12-8-16-7-9-17(28)13-20(16)23(19)39-14-15-5-10-18(11-6-15)40-27(32,33)34/h5-13,21-22H,2-4,14H2,1H3,(H,35,36)(H,37,38). The highest BCUT2D eigenvalue weighted by Crippen LogP contribution is 2.36. The number of fused-ring (bicyclic) bond motifs is 1. The molecule has 0 saturated heterocycles. The van der Waals surface area contributed by atoms with Gasteiger partial charge < -0.3 is 19.9 Å². The number of hydrogen-bond acceptors (Lipinski definition) is 4. The number of benzene rings is 3. The molecule has 6 nitrogen and oxygen atoms in total. The molecule has 0 aliphatic heterocycles. The molecule has 40 heavy (non-hydrogen) atoms. The summed E-state index contributed by atoms with van der Waals surface area (Å²) in [5.74, 6) is -5.86. The van der Waals surface area contributed by atoms with Crippen LogP contribution in [-0.4, -0.2) is 35.6 Å². The maximum absolute atomic E-state index is 13.7. The number of carboxylic acids is 1. The second-order valence-corrected chi connectivity index (χ2v) is 9.30. The lowest BCUT2D eigenvalue weighted by Crippen LogP contribution is -2.50. The monoisotopic (exact) mass is 591 g/mol. The third-order valence-electron chi connectivity index (χ3n) is 5.96. The Hall–Kier alpha value is -3.67. The average molecular weight is 592 g/mol. The summed E-state index contributed by atoms with van der Waals surface area (Å²) in [5, 5.41) is 12.7. The highest BCUT2D eigenvalue weighted by Gasteiger charge is 2.48. The maximum atomic E-state index is 13.7. The van der Waals surface area contributed by atoms with Crippen LogP contribution >= 0.6 is 11.6 Å². The summed E-state index contributed by atoms with van der Waals surface area (Å²) in [6, 6.07) is 9.84. The Labute approximate surface area is 229 Å². The van der Waals surface area contributed by atoms with Crippen LogP contribution in [0.5, 0.6) is 11.5 Å². The lowest BCUT2D eigenvalue weighted by molar-refractivity contribution is -0.274. The quantitative estimate of drug-likeness (QED) is 0.225. The predicted molar refractivity (Wildman–Crippen MR) is 134 cm³/mol. The minimum absolute atomic E-state index is 0.0967. The van der Waals surface area contributed by atoms with E-state index in [4.69, 9.17) is 16.3 Å². The van der Waals surface area contributed by atoms with Crippen molar-refractivity contribution in [3.05, 3.63) is 70.7 Å². The molecule has 0 aromatic heterocycles. The summed E-state index contributed by atoms with van der Waals surface area (Å²) in [7, 11) is 0. The summed E-state index contributed by atoms with van der Waals surface area (Å²) in [6.45, 7) is 1.39. The van der Waals surface area contributed by atoms with Crippen LogP contribution in [0.2, 0.25) is 5.02 Å². The second-order valence-electron chi connectivity index (χ2n) is 8.87. The number of amides is 1. The molecule has 2 atom stereocenters. The molecule has 0 aliphatic carbocycles. The molecule has 216 valence electrons. The van der Waals surface area contributed by atoms with Crippen LogP contribution < -0.4 is 14.8 Å². The van der Waals surface area contributed by atoms with Gasteiger partial charge in [-0.05, 0) is 47.7 Å². The topological polar surface area (TPSA) is 84.9 Å². The molecule has 2 N–H and O–H groups in total. The highest BCUT2D eigenvalue weighted by atomic mass is 35.5. The number of rotatable bonds is 11.